The van der Waals surface area contributed by atoms with Gasteiger partial charge in [-0.2, -0.15) is 4.52 Å². The van der Waals surface area contributed by atoms with Crippen LogP contribution in [0.1, 0.15) is 29.7 Å². The first kappa shape index (κ1) is 17.7. The van der Waals surface area contributed by atoms with Crippen LogP contribution in [0.5, 0.6) is 0 Å². The fourth-order valence-corrected chi connectivity index (χ4v) is 3.79. The maximum absolute atomic E-state index is 6.10. The van der Waals surface area contributed by atoms with Crippen molar-refractivity contribution < 1.29 is 4.42 Å². The molecule has 5 rings (SSSR count). The van der Waals surface area contributed by atoms with E-state index in [0.717, 1.165) is 49.7 Å². The Morgan fingerprint density at radius 3 is 2.97 bits per heavy atom. The summed E-state index contributed by atoms with van der Waals surface area (Å²) < 4.78 is 8.94. The second kappa shape index (κ2) is 6.92. The van der Waals surface area contributed by atoms with Crippen LogP contribution >= 0.6 is 0 Å². The van der Waals surface area contributed by atoms with Crippen molar-refractivity contribution in [3.63, 3.8) is 0 Å². The van der Waals surface area contributed by atoms with Gasteiger partial charge in [0.15, 0.2) is 11.5 Å². The fraction of sp³-hybridized carbons (Fsp3) is 0.444. The zero-order chi connectivity index (χ0) is 20.0. The van der Waals surface area contributed by atoms with Crippen LogP contribution < -0.4 is 5.73 Å². The first-order chi connectivity index (χ1) is 14.1. The van der Waals surface area contributed by atoms with Crippen molar-refractivity contribution in [2.24, 2.45) is 0 Å². The molecule has 0 saturated heterocycles. The Morgan fingerprint density at radius 1 is 1.28 bits per heavy atom. The minimum atomic E-state index is 0.261. The predicted molar refractivity (Wildman–Crippen MR) is 104 cm³/mol. The molecule has 5 heterocycles. The molecule has 0 amide bonds. The molecule has 0 aliphatic carbocycles. The third kappa shape index (κ3) is 3.03. The van der Waals surface area contributed by atoms with Gasteiger partial charge in [-0.25, -0.2) is 19.6 Å². The van der Waals surface area contributed by atoms with Crippen molar-refractivity contribution in [3.8, 4) is 11.6 Å². The first-order valence-electron chi connectivity index (χ1n) is 9.69. The highest BCUT2D eigenvalue weighted by Crippen LogP contribution is 2.24. The van der Waals surface area contributed by atoms with Crippen LogP contribution in [0.25, 0.3) is 17.2 Å². The minimum Gasteiger partial charge on any atom is -0.443 e. The van der Waals surface area contributed by atoms with Crippen LogP contribution in [-0.4, -0.2) is 57.5 Å². The lowest BCUT2D eigenvalue weighted by Crippen LogP contribution is -2.33. The second-order valence-electron chi connectivity index (χ2n) is 7.12. The van der Waals surface area contributed by atoms with E-state index in [9.17, 15) is 0 Å². The van der Waals surface area contributed by atoms with Crippen LogP contribution in [-0.2, 0) is 25.9 Å². The van der Waals surface area contributed by atoms with E-state index in [2.05, 4.69) is 37.2 Å². The molecular formula is C18H22N10O. The van der Waals surface area contributed by atoms with E-state index in [1.165, 1.54) is 12.0 Å². The summed E-state index contributed by atoms with van der Waals surface area (Å²) in [6.07, 6.45) is 4.76. The van der Waals surface area contributed by atoms with Gasteiger partial charge in [-0.05, 0) is 13.8 Å². The normalized spacial score (nSPS) is 14.6. The van der Waals surface area contributed by atoms with Crippen molar-refractivity contribution in [2.75, 3.05) is 18.8 Å². The summed E-state index contributed by atoms with van der Waals surface area (Å²) in [6, 6.07) is 0. The molecule has 11 heteroatoms. The highest BCUT2D eigenvalue weighted by atomic mass is 16.3. The minimum absolute atomic E-state index is 0.261. The predicted octanol–water partition coefficient (Wildman–Crippen LogP) is 0.882. The topological polar surface area (TPSA) is 129 Å². The molecule has 1 aliphatic heterocycles. The van der Waals surface area contributed by atoms with Crippen LogP contribution in [0, 0.1) is 6.92 Å². The van der Waals surface area contributed by atoms with Gasteiger partial charge >= 0.3 is 0 Å². The number of fused-ring (bicyclic) bond motifs is 2. The molecule has 0 fully saturated rings. The molecule has 4 aromatic heterocycles. The van der Waals surface area contributed by atoms with Gasteiger partial charge < -0.3 is 10.2 Å². The zero-order valence-corrected chi connectivity index (χ0v) is 16.4. The van der Waals surface area contributed by atoms with Crippen LogP contribution in [0.15, 0.2) is 16.9 Å². The third-order valence-corrected chi connectivity index (χ3v) is 5.33. The van der Waals surface area contributed by atoms with Gasteiger partial charge in [0.1, 0.15) is 12.0 Å². The van der Waals surface area contributed by atoms with Crippen LogP contribution in [0.2, 0.25) is 0 Å². The molecule has 0 radical (unpaired) electrons. The van der Waals surface area contributed by atoms with E-state index in [0.29, 0.717) is 23.7 Å². The van der Waals surface area contributed by atoms with Gasteiger partial charge in [-0.15, -0.1) is 10.2 Å². The number of aromatic nitrogens is 8. The van der Waals surface area contributed by atoms with E-state index in [-0.39, 0.29) is 5.95 Å². The van der Waals surface area contributed by atoms with Crippen LogP contribution in [0.3, 0.4) is 0 Å². The Hall–Kier alpha value is -3.34. The highest BCUT2D eigenvalue weighted by Gasteiger charge is 2.22. The number of hydrogen-bond donors (Lipinski definition) is 1. The maximum Gasteiger partial charge on any atom is 0.245 e. The Bertz CT molecular complexity index is 1160. The Labute approximate surface area is 166 Å². The lowest BCUT2D eigenvalue weighted by molar-refractivity contribution is 0.250. The van der Waals surface area contributed by atoms with E-state index in [1.54, 1.807) is 10.7 Å². The molecule has 0 saturated carbocycles. The molecule has 0 bridgehead atoms. The average Bonchev–Trinajstić information content (AvgIpc) is 3.48. The molecule has 4 aromatic rings. The SMILES string of the molecule is CCn1nnc2c1CCN(CCc1nc3c(C)c(-c4ncco4)nc(N)n3n1)C2. The van der Waals surface area contributed by atoms with E-state index >= 15 is 0 Å². The summed E-state index contributed by atoms with van der Waals surface area (Å²) in [6.45, 7) is 7.49. The summed E-state index contributed by atoms with van der Waals surface area (Å²) in [7, 11) is 0. The van der Waals surface area contributed by atoms with Gasteiger partial charge in [-0.1, -0.05) is 5.21 Å². The second-order valence-corrected chi connectivity index (χ2v) is 7.12. The Kier molecular flexibility index (Phi) is 4.23. The molecule has 29 heavy (non-hydrogen) atoms. The largest absolute Gasteiger partial charge is 0.443 e. The Balaban J connectivity index is 1.35. The third-order valence-electron chi connectivity index (χ3n) is 5.33. The van der Waals surface area contributed by atoms with Gasteiger partial charge in [0.05, 0.1) is 17.6 Å². The quantitative estimate of drug-likeness (QED) is 0.524. The number of hydrogen-bond acceptors (Lipinski definition) is 9. The number of aryl methyl sites for hydroxylation is 2. The number of rotatable bonds is 5. The number of nitrogens with two attached hydrogens (primary N) is 1. The van der Waals surface area contributed by atoms with Gasteiger partial charge in [0, 0.05) is 44.6 Å². The molecular weight excluding hydrogens is 372 g/mol. The molecule has 1 aliphatic rings. The molecule has 0 atom stereocenters. The number of nitrogens with zero attached hydrogens (tertiary/aromatic N) is 9. The molecule has 2 N–H and O–H groups in total. The molecule has 0 spiro atoms. The molecule has 0 aromatic carbocycles. The summed E-state index contributed by atoms with van der Waals surface area (Å²) in [5.41, 5.74) is 10.5. The van der Waals surface area contributed by atoms with Crippen molar-refractivity contribution in [2.45, 2.75) is 39.8 Å². The monoisotopic (exact) mass is 394 g/mol. The molecule has 0 unspecified atom stereocenters. The summed E-state index contributed by atoms with van der Waals surface area (Å²) in [5.74, 6) is 1.41. The smallest absolute Gasteiger partial charge is 0.245 e. The molecule has 11 nitrogen and oxygen atoms in total. The van der Waals surface area contributed by atoms with Crippen molar-refractivity contribution >= 4 is 11.6 Å². The highest BCUT2D eigenvalue weighted by molar-refractivity contribution is 5.65. The zero-order valence-electron chi connectivity index (χ0n) is 16.4. The standard InChI is InChI=1S/C18H22N10O/c1-3-27-13-4-7-26(10-12(13)23-25-27)8-5-14-21-16-11(2)15(17-20-6-9-29-17)22-18(19)28(16)24-14/h6,9H,3-5,7-8,10H2,1-2H3,(H2,19,22). The lowest BCUT2D eigenvalue weighted by atomic mass is 10.1. The van der Waals surface area contributed by atoms with Crippen molar-refractivity contribution in [3.05, 3.63) is 35.2 Å². The number of nitrogen functional groups attached to an aromatic ring is 1. The lowest BCUT2D eigenvalue weighted by Gasteiger charge is -2.25. The molecule has 150 valence electrons. The number of oxazole rings is 1. The number of anilines is 1. The summed E-state index contributed by atoms with van der Waals surface area (Å²) in [5, 5.41) is 13.1. The van der Waals surface area contributed by atoms with Gasteiger partial charge in [0.2, 0.25) is 11.8 Å². The van der Waals surface area contributed by atoms with E-state index in [4.69, 9.17) is 15.1 Å². The Morgan fingerprint density at radius 2 is 2.17 bits per heavy atom. The van der Waals surface area contributed by atoms with Crippen molar-refractivity contribution in [1.29, 1.82) is 0 Å². The average molecular weight is 394 g/mol. The summed E-state index contributed by atoms with van der Waals surface area (Å²) in [4.78, 5) is 15.6. The van der Waals surface area contributed by atoms with Gasteiger partial charge in [0.25, 0.3) is 0 Å². The fourth-order valence-electron chi connectivity index (χ4n) is 3.79. The maximum atomic E-state index is 6.10. The van der Waals surface area contributed by atoms with E-state index in [1.807, 2.05) is 11.6 Å². The van der Waals surface area contributed by atoms with Crippen LogP contribution in [0.4, 0.5) is 5.95 Å². The van der Waals surface area contributed by atoms with E-state index < -0.39 is 0 Å². The van der Waals surface area contributed by atoms with Crippen molar-refractivity contribution in [1.82, 2.24) is 44.5 Å². The first-order valence-corrected chi connectivity index (χ1v) is 9.69. The van der Waals surface area contributed by atoms with Gasteiger partial charge in [-0.3, -0.25) is 4.90 Å². The summed E-state index contributed by atoms with van der Waals surface area (Å²) >= 11 is 0.